The third-order valence-electron chi connectivity index (χ3n) is 4.02. The van der Waals surface area contributed by atoms with Crippen molar-refractivity contribution < 1.29 is 9.90 Å². The smallest absolute Gasteiger partial charge is 0.251 e. The van der Waals surface area contributed by atoms with Crippen LogP contribution in [0.25, 0.3) is 0 Å². The largest absolute Gasteiger partial charge is 0.393 e. The average Bonchev–Trinajstić information content (AvgIpc) is 2.54. The first-order valence-electron chi connectivity index (χ1n) is 7.95. The summed E-state index contributed by atoms with van der Waals surface area (Å²) in [7, 11) is 0. The fraction of sp³-hybridized carbons (Fsp3) is 0.588. The van der Waals surface area contributed by atoms with E-state index in [1.165, 1.54) is 5.56 Å². The summed E-state index contributed by atoms with van der Waals surface area (Å²) in [6.07, 6.45) is 4.64. The topological polar surface area (TPSA) is 52.6 Å². The number of thioether (sulfide) groups is 1. The number of likely N-dealkylation sites (tertiary alicyclic amines) is 1. The molecule has 1 aliphatic heterocycles. The van der Waals surface area contributed by atoms with Crippen molar-refractivity contribution >= 4 is 17.7 Å². The maximum absolute atomic E-state index is 12.0. The molecule has 122 valence electrons. The van der Waals surface area contributed by atoms with Gasteiger partial charge in [0.25, 0.3) is 5.91 Å². The normalized spacial score (nSPS) is 16.6. The van der Waals surface area contributed by atoms with Gasteiger partial charge in [0.2, 0.25) is 0 Å². The number of aliphatic hydroxyl groups excluding tert-OH is 1. The Kier molecular flexibility index (Phi) is 7.22. The quantitative estimate of drug-likeness (QED) is 0.755. The zero-order chi connectivity index (χ0) is 15.8. The lowest BCUT2D eigenvalue weighted by Crippen LogP contribution is -2.37. The van der Waals surface area contributed by atoms with Crippen LogP contribution in [-0.4, -0.2) is 54.5 Å². The van der Waals surface area contributed by atoms with E-state index in [1.807, 2.05) is 24.3 Å². The molecule has 1 amide bonds. The van der Waals surface area contributed by atoms with Crippen LogP contribution in [0.15, 0.2) is 24.3 Å². The first-order valence-corrected chi connectivity index (χ1v) is 9.35. The Labute approximate surface area is 137 Å². The van der Waals surface area contributed by atoms with E-state index in [-0.39, 0.29) is 12.0 Å². The summed E-state index contributed by atoms with van der Waals surface area (Å²) in [6.45, 7) is 3.61. The minimum atomic E-state index is -0.120. The van der Waals surface area contributed by atoms with E-state index in [0.29, 0.717) is 6.54 Å². The monoisotopic (exact) mass is 322 g/mol. The molecule has 0 aromatic heterocycles. The number of hydrogen-bond acceptors (Lipinski definition) is 4. The molecule has 0 unspecified atom stereocenters. The second kappa shape index (κ2) is 9.18. The number of piperidine rings is 1. The molecule has 5 heteroatoms. The summed E-state index contributed by atoms with van der Waals surface area (Å²) in [4.78, 5) is 14.4. The van der Waals surface area contributed by atoms with Crippen molar-refractivity contribution in [2.45, 2.75) is 31.1 Å². The number of nitrogens with zero attached hydrogens (tertiary/aromatic N) is 1. The minimum Gasteiger partial charge on any atom is -0.393 e. The van der Waals surface area contributed by atoms with Crippen molar-refractivity contribution in [1.29, 1.82) is 0 Å². The van der Waals surface area contributed by atoms with Crippen LogP contribution in [0.4, 0.5) is 0 Å². The van der Waals surface area contributed by atoms with Crippen LogP contribution in [0.2, 0.25) is 0 Å². The molecule has 4 nitrogen and oxygen atoms in total. The Morgan fingerprint density at radius 1 is 1.32 bits per heavy atom. The van der Waals surface area contributed by atoms with Crippen LogP contribution < -0.4 is 5.32 Å². The molecule has 0 radical (unpaired) electrons. The summed E-state index contributed by atoms with van der Waals surface area (Å²) >= 11 is 1.78. The molecule has 2 N–H and O–H groups in total. The Balaban J connectivity index is 1.65. The Bertz CT molecular complexity index is 456. The molecule has 1 aromatic rings. The van der Waals surface area contributed by atoms with Crippen LogP contribution in [0, 0.1) is 0 Å². The van der Waals surface area contributed by atoms with Gasteiger partial charge in [-0.2, -0.15) is 11.8 Å². The number of benzene rings is 1. The molecule has 0 aliphatic carbocycles. The van der Waals surface area contributed by atoms with Crippen molar-refractivity contribution in [3.63, 3.8) is 0 Å². The molecule has 22 heavy (non-hydrogen) atoms. The third kappa shape index (κ3) is 5.63. The highest BCUT2D eigenvalue weighted by molar-refractivity contribution is 7.97. The zero-order valence-electron chi connectivity index (χ0n) is 13.3. The van der Waals surface area contributed by atoms with Crippen LogP contribution in [0.3, 0.4) is 0 Å². The molecule has 1 fully saturated rings. The summed E-state index contributed by atoms with van der Waals surface area (Å²) in [6, 6.07) is 7.83. The second-order valence-electron chi connectivity index (χ2n) is 5.81. The molecule has 1 aliphatic rings. The van der Waals surface area contributed by atoms with E-state index < -0.39 is 0 Å². The molecular weight excluding hydrogens is 296 g/mol. The number of rotatable bonds is 7. The Hall–Kier alpha value is -1.04. The SMILES string of the molecule is CSCc1ccc(C(=O)NCCCN2CCC(O)CC2)cc1. The van der Waals surface area contributed by atoms with Crippen LogP contribution in [-0.2, 0) is 5.75 Å². The number of amides is 1. The van der Waals surface area contributed by atoms with Crippen LogP contribution >= 0.6 is 11.8 Å². The van der Waals surface area contributed by atoms with Crippen molar-refractivity contribution in [2.24, 2.45) is 0 Å². The highest BCUT2D eigenvalue weighted by Crippen LogP contribution is 2.11. The zero-order valence-corrected chi connectivity index (χ0v) is 14.1. The molecule has 1 aromatic carbocycles. The fourth-order valence-electron chi connectivity index (χ4n) is 2.67. The summed E-state index contributed by atoms with van der Waals surface area (Å²) in [5.74, 6) is 0.983. The van der Waals surface area contributed by atoms with E-state index in [4.69, 9.17) is 0 Å². The number of aliphatic hydroxyl groups is 1. The van der Waals surface area contributed by atoms with Crippen LogP contribution in [0.5, 0.6) is 0 Å². The van der Waals surface area contributed by atoms with E-state index in [9.17, 15) is 9.90 Å². The lowest BCUT2D eigenvalue weighted by atomic mass is 10.1. The minimum absolute atomic E-state index is 0.00441. The van der Waals surface area contributed by atoms with E-state index in [0.717, 1.165) is 50.2 Å². The van der Waals surface area contributed by atoms with E-state index in [1.54, 1.807) is 11.8 Å². The maximum Gasteiger partial charge on any atom is 0.251 e. The van der Waals surface area contributed by atoms with Crippen LogP contribution in [0.1, 0.15) is 35.2 Å². The van der Waals surface area contributed by atoms with E-state index >= 15 is 0 Å². The second-order valence-corrected chi connectivity index (χ2v) is 6.68. The first-order chi connectivity index (χ1) is 10.7. The van der Waals surface area contributed by atoms with Gasteiger partial charge in [0.05, 0.1) is 6.10 Å². The van der Waals surface area contributed by atoms with Gasteiger partial charge in [0, 0.05) is 31.0 Å². The highest BCUT2D eigenvalue weighted by atomic mass is 32.2. The highest BCUT2D eigenvalue weighted by Gasteiger charge is 2.16. The molecule has 1 saturated heterocycles. The standard InChI is InChI=1S/C17H26N2O2S/c1-22-13-14-3-5-15(6-4-14)17(21)18-9-2-10-19-11-7-16(20)8-12-19/h3-6,16,20H,2,7-13H2,1H3,(H,18,21). The molecule has 0 spiro atoms. The molecule has 1 heterocycles. The van der Waals surface area contributed by atoms with Crippen molar-refractivity contribution in [1.82, 2.24) is 10.2 Å². The molecule has 0 bridgehead atoms. The fourth-order valence-corrected chi connectivity index (χ4v) is 3.19. The Morgan fingerprint density at radius 3 is 2.64 bits per heavy atom. The number of nitrogens with one attached hydrogen (secondary N) is 1. The number of carbonyl (C=O) groups excluding carboxylic acids is 1. The molecule has 0 atom stereocenters. The molecule has 0 saturated carbocycles. The third-order valence-corrected chi connectivity index (χ3v) is 4.64. The molecule has 2 rings (SSSR count). The van der Waals surface area contributed by atoms with Gasteiger partial charge < -0.3 is 15.3 Å². The lowest BCUT2D eigenvalue weighted by Gasteiger charge is -2.29. The summed E-state index contributed by atoms with van der Waals surface area (Å²) in [5, 5.41) is 12.4. The summed E-state index contributed by atoms with van der Waals surface area (Å²) in [5.41, 5.74) is 1.97. The summed E-state index contributed by atoms with van der Waals surface area (Å²) < 4.78 is 0. The lowest BCUT2D eigenvalue weighted by molar-refractivity contribution is 0.0816. The average molecular weight is 322 g/mol. The van der Waals surface area contributed by atoms with Gasteiger partial charge in [-0.25, -0.2) is 0 Å². The van der Waals surface area contributed by atoms with E-state index in [2.05, 4.69) is 16.5 Å². The van der Waals surface area contributed by atoms with Gasteiger partial charge in [0.1, 0.15) is 0 Å². The van der Waals surface area contributed by atoms with Gasteiger partial charge in [0.15, 0.2) is 0 Å². The van der Waals surface area contributed by atoms with Gasteiger partial charge in [-0.05, 0) is 49.8 Å². The first kappa shape index (κ1) is 17.3. The number of hydrogen-bond donors (Lipinski definition) is 2. The predicted molar refractivity (Wildman–Crippen MR) is 92.3 cm³/mol. The predicted octanol–water partition coefficient (Wildman–Crippen LogP) is 2.13. The van der Waals surface area contributed by atoms with Crippen molar-refractivity contribution in [2.75, 3.05) is 32.4 Å². The van der Waals surface area contributed by atoms with Crippen molar-refractivity contribution in [3.05, 3.63) is 35.4 Å². The maximum atomic E-state index is 12.0. The number of carbonyl (C=O) groups is 1. The van der Waals surface area contributed by atoms with Gasteiger partial charge in [-0.15, -0.1) is 0 Å². The van der Waals surface area contributed by atoms with Gasteiger partial charge in [-0.1, -0.05) is 12.1 Å². The Morgan fingerprint density at radius 2 is 2.00 bits per heavy atom. The molecular formula is C17H26N2O2S. The van der Waals surface area contributed by atoms with Gasteiger partial charge in [-0.3, -0.25) is 4.79 Å². The van der Waals surface area contributed by atoms with Crippen molar-refractivity contribution in [3.8, 4) is 0 Å². The van der Waals surface area contributed by atoms with Gasteiger partial charge >= 0.3 is 0 Å².